The third-order valence-corrected chi connectivity index (χ3v) is 3.05. The van der Waals surface area contributed by atoms with Crippen LogP contribution in [0.1, 0.15) is 22.7 Å². The molecule has 1 aromatic heterocycles. The Morgan fingerprint density at radius 3 is 2.33 bits per heavy atom. The highest BCUT2D eigenvalue weighted by molar-refractivity contribution is 5.32. The van der Waals surface area contributed by atoms with E-state index in [1.54, 1.807) is 6.20 Å². The summed E-state index contributed by atoms with van der Waals surface area (Å²) in [4.78, 5) is 6.39. The fourth-order valence-electron chi connectivity index (χ4n) is 2.16. The van der Waals surface area contributed by atoms with Crippen LogP contribution in [0, 0.1) is 0 Å². The molecule has 0 radical (unpaired) electrons. The van der Waals surface area contributed by atoms with Gasteiger partial charge in [0.25, 0.3) is 0 Å². The number of nitrogens with zero attached hydrogens (tertiary/aromatic N) is 2. The van der Waals surface area contributed by atoms with Crippen molar-refractivity contribution in [3.8, 4) is 0 Å². The predicted octanol–water partition coefficient (Wildman–Crippen LogP) is 2.19. The first kappa shape index (κ1) is 12.7. The fraction of sp³-hybridized carbons (Fsp3) is 0.267. The van der Waals surface area contributed by atoms with Crippen molar-refractivity contribution in [2.24, 2.45) is 5.73 Å². The third-order valence-electron chi connectivity index (χ3n) is 3.05. The highest BCUT2D eigenvalue weighted by Gasteiger charge is 2.16. The number of benzene rings is 1. The van der Waals surface area contributed by atoms with Crippen LogP contribution in [0.4, 0.5) is 0 Å². The second-order valence-corrected chi connectivity index (χ2v) is 4.60. The average molecular weight is 241 g/mol. The lowest BCUT2D eigenvalue weighted by molar-refractivity contribution is 0.341. The topological polar surface area (TPSA) is 42.1 Å². The van der Waals surface area contributed by atoms with E-state index in [1.165, 1.54) is 11.1 Å². The maximum atomic E-state index is 5.63. The van der Waals surface area contributed by atoms with Crippen molar-refractivity contribution >= 4 is 0 Å². The number of nitrogens with two attached hydrogens (primary N) is 1. The molecule has 0 fully saturated rings. The first-order valence-electron chi connectivity index (χ1n) is 6.07. The number of rotatable bonds is 4. The molecule has 0 spiro atoms. The Kier molecular flexibility index (Phi) is 4.07. The van der Waals surface area contributed by atoms with E-state index in [0.29, 0.717) is 6.54 Å². The Morgan fingerprint density at radius 1 is 1.11 bits per heavy atom. The molecule has 94 valence electrons. The standard InChI is InChI=1S/C15H19N3/c1-18(2)15(14-4-3-9-17-11-14)13-7-5-12(10-16)6-8-13/h3-9,11,15H,10,16H2,1-2H3. The van der Waals surface area contributed by atoms with Crippen LogP contribution in [0.25, 0.3) is 0 Å². The van der Waals surface area contributed by atoms with E-state index in [1.807, 2.05) is 12.3 Å². The van der Waals surface area contributed by atoms with Crippen molar-refractivity contribution < 1.29 is 0 Å². The van der Waals surface area contributed by atoms with Crippen LogP contribution in [-0.2, 0) is 6.54 Å². The normalized spacial score (nSPS) is 12.7. The lowest BCUT2D eigenvalue weighted by Gasteiger charge is -2.25. The second-order valence-electron chi connectivity index (χ2n) is 4.60. The van der Waals surface area contributed by atoms with E-state index in [9.17, 15) is 0 Å². The van der Waals surface area contributed by atoms with Crippen molar-refractivity contribution in [2.75, 3.05) is 14.1 Å². The van der Waals surface area contributed by atoms with E-state index in [0.717, 1.165) is 5.56 Å². The van der Waals surface area contributed by atoms with Gasteiger partial charge in [-0.05, 0) is 36.9 Å². The maximum absolute atomic E-state index is 5.63. The first-order chi connectivity index (χ1) is 8.72. The average Bonchev–Trinajstić information content (AvgIpc) is 2.40. The molecule has 1 unspecified atom stereocenters. The van der Waals surface area contributed by atoms with Crippen LogP contribution in [0.15, 0.2) is 48.8 Å². The van der Waals surface area contributed by atoms with Gasteiger partial charge in [-0.15, -0.1) is 0 Å². The van der Waals surface area contributed by atoms with Crippen molar-refractivity contribution in [2.45, 2.75) is 12.6 Å². The molecule has 0 amide bonds. The Balaban J connectivity index is 2.36. The number of pyridine rings is 1. The van der Waals surface area contributed by atoms with Gasteiger partial charge in [0.2, 0.25) is 0 Å². The van der Waals surface area contributed by atoms with E-state index in [4.69, 9.17) is 5.73 Å². The molecule has 3 nitrogen and oxygen atoms in total. The van der Waals surface area contributed by atoms with E-state index < -0.39 is 0 Å². The quantitative estimate of drug-likeness (QED) is 0.892. The van der Waals surface area contributed by atoms with Crippen LogP contribution < -0.4 is 5.73 Å². The van der Waals surface area contributed by atoms with Crippen molar-refractivity contribution in [3.05, 3.63) is 65.5 Å². The second kappa shape index (κ2) is 5.76. The van der Waals surface area contributed by atoms with Crippen LogP contribution in [0.2, 0.25) is 0 Å². The largest absolute Gasteiger partial charge is 0.326 e. The van der Waals surface area contributed by atoms with Gasteiger partial charge in [0, 0.05) is 18.9 Å². The highest BCUT2D eigenvalue weighted by atomic mass is 15.1. The van der Waals surface area contributed by atoms with Crippen molar-refractivity contribution in [1.29, 1.82) is 0 Å². The van der Waals surface area contributed by atoms with Gasteiger partial charge in [-0.3, -0.25) is 9.88 Å². The molecule has 3 heteroatoms. The van der Waals surface area contributed by atoms with E-state index >= 15 is 0 Å². The summed E-state index contributed by atoms with van der Waals surface area (Å²) in [5.41, 5.74) is 9.23. The van der Waals surface area contributed by atoms with Gasteiger partial charge < -0.3 is 5.73 Å². The minimum Gasteiger partial charge on any atom is -0.326 e. The number of aromatic nitrogens is 1. The maximum Gasteiger partial charge on any atom is 0.0612 e. The summed E-state index contributed by atoms with van der Waals surface area (Å²) in [7, 11) is 4.16. The summed E-state index contributed by atoms with van der Waals surface area (Å²) in [5.74, 6) is 0. The molecule has 0 aliphatic heterocycles. The first-order valence-corrected chi connectivity index (χ1v) is 6.07. The summed E-state index contributed by atoms with van der Waals surface area (Å²) < 4.78 is 0. The van der Waals surface area contributed by atoms with Gasteiger partial charge in [0.1, 0.15) is 0 Å². The van der Waals surface area contributed by atoms with Gasteiger partial charge in [-0.2, -0.15) is 0 Å². The van der Waals surface area contributed by atoms with Gasteiger partial charge in [0.15, 0.2) is 0 Å². The molecule has 0 bridgehead atoms. The molecule has 1 atom stereocenters. The molecular weight excluding hydrogens is 222 g/mol. The zero-order valence-corrected chi connectivity index (χ0v) is 10.9. The fourth-order valence-corrected chi connectivity index (χ4v) is 2.16. The van der Waals surface area contributed by atoms with E-state index in [-0.39, 0.29) is 6.04 Å². The van der Waals surface area contributed by atoms with Crippen LogP contribution in [0.5, 0.6) is 0 Å². The molecule has 0 saturated carbocycles. The Hall–Kier alpha value is -1.71. The summed E-state index contributed by atoms with van der Waals surface area (Å²) in [6.45, 7) is 0.583. The lowest BCUT2D eigenvalue weighted by atomic mass is 9.98. The Labute approximate surface area is 108 Å². The molecule has 1 aromatic carbocycles. The SMILES string of the molecule is CN(C)C(c1ccc(CN)cc1)c1cccnc1. The lowest BCUT2D eigenvalue weighted by Crippen LogP contribution is -2.21. The summed E-state index contributed by atoms with van der Waals surface area (Å²) in [6, 6.07) is 12.8. The van der Waals surface area contributed by atoms with Gasteiger partial charge in [-0.1, -0.05) is 30.3 Å². The molecule has 1 heterocycles. The van der Waals surface area contributed by atoms with Gasteiger partial charge in [0.05, 0.1) is 6.04 Å². The van der Waals surface area contributed by atoms with Gasteiger partial charge >= 0.3 is 0 Å². The molecule has 2 rings (SSSR count). The molecule has 2 aromatic rings. The zero-order valence-electron chi connectivity index (χ0n) is 10.9. The molecule has 0 aliphatic carbocycles. The van der Waals surface area contributed by atoms with E-state index in [2.05, 4.69) is 54.3 Å². The smallest absolute Gasteiger partial charge is 0.0612 e. The minimum absolute atomic E-state index is 0.227. The third kappa shape index (κ3) is 2.75. The van der Waals surface area contributed by atoms with Gasteiger partial charge in [-0.25, -0.2) is 0 Å². The minimum atomic E-state index is 0.227. The monoisotopic (exact) mass is 241 g/mol. The summed E-state index contributed by atoms with van der Waals surface area (Å²) in [6.07, 6.45) is 3.72. The molecule has 0 saturated heterocycles. The molecular formula is C15H19N3. The molecule has 2 N–H and O–H groups in total. The molecule has 0 aliphatic rings. The van der Waals surface area contributed by atoms with Crippen molar-refractivity contribution in [3.63, 3.8) is 0 Å². The van der Waals surface area contributed by atoms with Crippen LogP contribution in [-0.4, -0.2) is 24.0 Å². The van der Waals surface area contributed by atoms with Crippen molar-refractivity contribution in [1.82, 2.24) is 9.88 Å². The predicted molar refractivity (Wildman–Crippen MR) is 74.1 cm³/mol. The number of hydrogen-bond acceptors (Lipinski definition) is 3. The molecule has 18 heavy (non-hydrogen) atoms. The summed E-state index contributed by atoms with van der Waals surface area (Å²) >= 11 is 0. The number of hydrogen-bond donors (Lipinski definition) is 1. The highest BCUT2D eigenvalue weighted by Crippen LogP contribution is 2.26. The Morgan fingerprint density at radius 2 is 1.83 bits per heavy atom. The Bertz CT molecular complexity index is 477. The van der Waals surface area contributed by atoms with Crippen LogP contribution >= 0.6 is 0 Å². The zero-order chi connectivity index (χ0) is 13.0. The summed E-state index contributed by atoms with van der Waals surface area (Å²) in [5, 5.41) is 0. The van der Waals surface area contributed by atoms with Crippen LogP contribution in [0.3, 0.4) is 0 Å².